The molecule has 0 saturated heterocycles. The number of hydrogen-bond donors (Lipinski definition) is 2. The fraction of sp³-hybridized carbons (Fsp3) is 0.375. The molecule has 0 aliphatic carbocycles. The van der Waals surface area contributed by atoms with E-state index in [1.165, 1.54) is 11.3 Å². The van der Waals surface area contributed by atoms with Crippen molar-refractivity contribution in [3.05, 3.63) is 40.3 Å². The van der Waals surface area contributed by atoms with Gasteiger partial charge in [0, 0.05) is 24.2 Å². The van der Waals surface area contributed by atoms with Crippen LogP contribution in [0.2, 0.25) is 0 Å². The second kappa shape index (κ2) is 5.70. The van der Waals surface area contributed by atoms with Crippen molar-refractivity contribution in [1.29, 1.82) is 0 Å². The summed E-state index contributed by atoms with van der Waals surface area (Å²) in [7, 11) is 0. The molecule has 0 spiro atoms. The summed E-state index contributed by atoms with van der Waals surface area (Å²) in [6.45, 7) is 3.40. The van der Waals surface area contributed by atoms with Crippen LogP contribution in [0.4, 0.5) is 11.5 Å². The number of fused-ring (bicyclic) bond motifs is 2. The summed E-state index contributed by atoms with van der Waals surface area (Å²) < 4.78 is 6.31. The third kappa shape index (κ3) is 2.38. The van der Waals surface area contributed by atoms with Gasteiger partial charge in [0.1, 0.15) is 18.2 Å². The summed E-state index contributed by atoms with van der Waals surface area (Å²) in [5.41, 5.74) is 3.56. The first-order valence-corrected chi connectivity index (χ1v) is 8.06. The van der Waals surface area contributed by atoms with Gasteiger partial charge in [-0.3, -0.25) is 0 Å². The Morgan fingerprint density at radius 3 is 3.00 bits per heavy atom. The average Bonchev–Trinajstić information content (AvgIpc) is 2.79. The molecule has 0 amide bonds. The molecule has 2 aliphatic rings. The standard InChI is InChI=1S/C16H18N4OS/c22-16-18-12-6-8-17-7-5-11(12)15(19-16)20-9-10-21-14-4-2-1-3-13(14)20/h1-4,17H,5-10H2,(H,18,19,22). The zero-order valence-electron chi connectivity index (χ0n) is 12.3. The van der Waals surface area contributed by atoms with E-state index in [0.717, 1.165) is 49.7 Å². The number of H-pyrrole nitrogens is 1. The normalized spacial score (nSPS) is 17.2. The van der Waals surface area contributed by atoms with Crippen LogP contribution in [0.15, 0.2) is 24.3 Å². The highest BCUT2D eigenvalue weighted by Crippen LogP contribution is 2.37. The molecule has 2 aliphatic heterocycles. The first kappa shape index (κ1) is 13.7. The molecular weight excluding hydrogens is 296 g/mol. The second-order valence-electron chi connectivity index (χ2n) is 5.54. The van der Waals surface area contributed by atoms with Crippen LogP contribution in [0.1, 0.15) is 11.3 Å². The number of nitrogens with one attached hydrogen (secondary N) is 2. The van der Waals surface area contributed by atoms with E-state index in [2.05, 4.69) is 26.3 Å². The summed E-state index contributed by atoms with van der Waals surface area (Å²) in [4.78, 5) is 10.2. The van der Waals surface area contributed by atoms with Gasteiger partial charge in [-0.15, -0.1) is 0 Å². The van der Waals surface area contributed by atoms with E-state index in [1.54, 1.807) is 0 Å². The number of benzene rings is 1. The van der Waals surface area contributed by atoms with Gasteiger partial charge in [-0.25, -0.2) is 4.98 Å². The SMILES string of the molecule is S=c1nc(N2CCOc3ccccc32)c2c([nH]1)CCNCC2. The van der Waals surface area contributed by atoms with Crippen LogP contribution >= 0.6 is 12.2 Å². The number of anilines is 2. The van der Waals surface area contributed by atoms with Crippen molar-refractivity contribution in [2.45, 2.75) is 12.8 Å². The van der Waals surface area contributed by atoms with Crippen molar-refractivity contribution in [2.75, 3.05) is 31.1 Å². The zero-order valence-corrected chi connectivity index (χ0v) is 13.1. The Hall–Kier alpha value is -1.92. The average molecular weight is 314 g/mol. The third-order valence-corrected chi connectivity index (χ3v) is 4.38. The molecule has 114 valence electrons. The lowest BCUT2D eigenvalue weighted by atomic mass is 10.1. The number of para-hydroxylation sites is 2. The molecule has 2 N–H and O–H groups in total. The fourth-order valence-electron chi connectivity index (χ4n) is 3.17. The molecule has 0 unspecified atom stereocenters. The zero-order chi connectivity index (χ0) is 14.9. The Bertz CT molecular complexity index is 758. The summed E-state index contributed by atoms with van der Waals surface area (Å²) in [5.74, 6) is 1.90. The molecule has 0 radical (unpaired) electrons. The third-order valence-electron chi connectivity index (χ3n) is 4.19. The number of ether oxygens (including phenoxy) is 1. The molecule has 6 heteroatoms. The highest BCUT2D eigenvalue weighted by Gasteiger charge is 2.24. The van der Waals surface area contributed by atoms with Gasteiger partial charge in [0.2, 0.25) is 0 Å². The maximum atomic E-state index is 5.76. The highest BCUT2D eigenvalue weighted by molar-refractivity contribution is 7.71. The Morgan fingerprint density at radius 1 is 1.18 bits per heavy atom. The molecule has 0 atom stereocenters. The molecule has 3 heterocycles. The van der Waals surface area contributed by atoms with Crippen molar-refractivity contribution in [3.63, 3.8) is 0 Å². The van der Waals surface area contributed by atoms with E-state index in [1.807, 2.05) is 18.2 Å². The van der Waals surface area contributed by atoms with E-state index in [0.29, 0.717) is 11.4 Å². The topological polar surface area (TPSA) is 53.2 Å². The maximum Gasteiger partial charge on any atom is 0.198 e. The molecular formula is C16H18N4OS. The van der Waals surface area contributed by atoms with Gasteiger partial charge < -0.3 is 19.9 Å². The summed E-state index contributed by atoms with van der Waals surface area (Å²) in [5, 5.41) is 3.44. The molecule has 4 rings (SSSR count). The summed E-state index contributed by atoms with van der Waals surface area (Å²) >= 11 is 5.35. The lowest BCUT2D eigenvalue weighted by Gasteiger charge is -2.32. The lowest BCUT2D eigenvalue weighted by Crippen LogP contribution is -2.30. The highest BCUT2D eigenvalue weighted by atomic mass is 32.1. The smallest absolute Gasteiger partial charge is 0.198 e. The minimum atomic E-state index is 0.555. The van der Waals surface area contributed by atoms with Crippen LogP contribution in [0.25, 0.3) is 0 Å². The molecule has 1 aromatic heterocycles. The largest absolute Gasteiger partial charge is 0.490 e. The van der Waals surface area contributed by atoms with Crippen LogP contribution in [-0.2, 0) is 12.8 Å². The van der Waals surface area contributed by atoms with Gasteiger partial charge in [0.25, 0.3) is 0 Å². The van der Waals surface area contributed by atoms with Crippen molar-refractivity contribution in [3.8, 4) is 5.75 Å². The molecule has 1 aromatic carbocycles. The van der Waals surface area contributed by atoms with Crippen LogP contribution < -0.4 is 15.0 Å². The molecule has 0 fully saturated rings. The van der Waals surface area contributed by atoms with Crippen LogP contribution in [0.3, 0.4) is 0 Å². The number of aromatic amines is 1. The van der Waals surface area contributed by atoms with Crippen LogP contribution in [0.5, 0.6) is 5.75 Å². The van der Waals surface area contributed by atoms with Crippen molar-refractivity contribution >= 4 is 23.7 Å². The Balaban J connectivity index is 1.87. The maximum absolute atomic E-state index is 5.76. The van der Waals surface area contributed by atoms with E-state index < -0.39 is 0 Å². The van der Waals surface area contributed by atoms with Crippen molar-refractivity contribution in [2.24, 2.45) is 0 Å². The number of hydrogen-bond acceptors (Lipinski definition) is 5. The van der Waals surface area contributed by atoms with Gasteiger partial charge in [-0.1, -0.05) is 12.1 Å². The Morgan fingerprint density at radius 2 is 2.05 bits per heavy atom. The molecule has 0 bridgehead atoms. The minimum absolute atomic E-state index is 0.555. The van der Waals surface area contributed by atoms with Crippen LogP contribution in [-0.4, -0.2) is 36.2 Å². The molecule has 5 nitrogen and oxygen atoms in total. The molecule has 2 aromatic rings. The lowest BCUT2D eigenvalue weighted by molar-refractivity contribution is 0.313. The minimum Gasteiger partial charge on any atom is -0.490 e. The fourth-order valence-corrected chi connectivity index (χ4v) is 3.38. The first-order chi connectivity index (χ1) is 10.8. The van der Waals surface area contributed by atoms with Gasteiger partial charge in [-0.2, -0.15) is 0 Å². The van der Waals surface area contributed by atoms with E-state index in [-0.39, 0.29) is 0 Å². The van der Waals surface area contributed by atoms with Gasteiger partial charge in [0.05, 0.1) is 12.2 Å². The Labute approximate surface area is 134 Å². The van der Waals surface area contributed by atoms with Crippen molar-refractivity contribution < 1.29 is 4.74 Å². The summed E-state index contributed by atoms with van der Waals surface area (Å²) in [6.07, 6.45) is 1.92. The van der Waals surface area contributed by atoms with Gasteiger partial charge >= 0.3 is 0 Å². The van der Waals surface area contributed by atoms with E-state index in [4.69, 9.17) is 17.0 Å². The number of aromatic nitrogens is 2. The first-order valence-electron chi connectivity index (χ1n) is 7.65. The second-order valence-corrected chi connectivity index (χ2v) is 5.93. The quantitative estimate of drug-likeness (QED) is 0.792. The monoisotopic (exact) mass is 314 g/mol. The van der Waals surface area contributed by atoms with E-state index >= 15 is 0 Å². The Kier molecular flexibility index (Phi) is 3.56. The number of rotatable bonds is 1. The predicted octanol–water partition coefficient (Wildman–Crippen LogP) is 2.36. The predicted molar refractivity (Wildman–Crippen MR) is 88.6 cm³/mol. The van der Waals surface area contributed by atoms with Crippen LogP contribution in [0, 0.1) is 4.77 Å². The van der Waals surface area contributed by atoms with Gasteiger partial charge in [0.15, 0.2) is 4.77 Å². The number of nitrogens with zero attached hydrogens (tertiary/aromatic N) is 2. The van der Waals surface area contributed by atoms with E-state index in [9.17, 15) is 0 Å². The van der Waals surface area contributed by atoms with Gasteiger partial charge in [-0.05, 0) is 37.3 Å². The van der Waals surface area contributed by atoms with Crippen molar-refractivity contribution in [1.82, 2.24) is 15.3 Å². The summed E-state index contributed by atoms with van der Waals surface area (Å²) in [6, 6.07) is 8.12. The molecule has 22 heavy (non-hydrogen) atoms. The molecule has 0 saturated carbocycles.